The highest BCUT2D eigenvalue weighted by Crippen LogP contribution is 2.20. The summed E-state index contributed by atoms with van der Waals surface area (Å²) < 4.78 is 44.6. The molecule has 0 aliphatic rings. The van der Waals surface area contributed by atoms with Crippen LogP contribution in [0.15, 0.2) is 36.4 Å². The number of aryl methyl sites for hydroxylation is 1. The summed E-state index contributed by atoms with van der Waals surface area (Å²) in [5, 5.41) is 4.58. The SMILES string of the molecule is Cc1ccccc1C(=O)NCCC(=O)OC(C)C(=O)Nc1ccc(F)c(F)c1F. The number of halogens is 3. The second-order valence-electron chi connectivity index (χ2n) is 6.17. The summed E-state index contributed by atoms with van der Waals surface area (Å²) in [7, 11) is 0. The van der Waals surface area contributed by atoms with Crippen LogP contribution >= 0.6 is 0 Å². The number of hydrogen-bond donors (Lipinski definition) is 2. The number of carbonyl (C=O) groups excluding carboxylic acids is 3. The Kier molecular flexibility index (Phi) is 7.35. The maximum atomic E-state index is 13.6. The van der Waals surface area contributed by atoms with Crippen molar-refractivity contribution < 1.29 is 32.3 Å². The normalized spacial score (nSPS) is 11.5. The van der Waals surface area contributed by atoms with Crippen LogP contribution in [0.25, 0.3) is 0 Å². The van der Waals surface area contributed by atoms with E-state index in [1.807, 2.05) is 5.32 Å². The second-order valence-corrected chi connectivity index (χ2v) is 6.17. The molecule has 0 bridgehead atoms. The van der Waals surface area contributed by atoms with E-state index in [0.717, 1.165) is 11.6 Å². The fourth-order valence-corrected chi connectivity index (χ4v) is 2.37. The molecule has 6 nitrogen and oxygen atoms in total. The highest BCUT2D eigenvalue weighted by Gasteiger charge is 2.21. The Bertz CT molecular complexity index is 934. The van der Waals surface area contributed by atoms with Gasteiger partial charge in [-0.25, -0.2) is 13.2 Å². The van der Waals surface area contributed by atoms with Gasteiger partial charge in [0, 0.05) is 12.1 Å². The van der Waals surface area contributed by atoms with Gasteiger partial charge in [-0.15, -0.1) is 0 Å². The highest BCUT2D eigenvalue weighted by atomic mass is 19.2. The van der Waals surface area contributed by atoms with Gasteiger partial charge < -0.3 is 15.4 Å². The van der Waals surface area contributed by atoms with E-state index in [2.05, 4.69) is 5.32 Å². The quantitative estimate of drug-likeness (QED) is 0.545. The molecule has 0 aliphatic carbocycles. The molecule has 0 saturated heterocycles. The van der Waals surface area contributed by atoms with Crippen molar-refractivity contribution in [2.24, 2.45) is 0 Å². The minimum absolute atomic E-state index is 0.0157. The smallest absolute Gasteiger partial charge is 0.308 e. The number of ether oxygens (including phenoxy) is 1. The molecular formula is C20H19F3N2O4. The summed E-state index contributed by atoms with van der Waals surface area (Å²) in [6, 6.07) is 8.43. The number of benzene rings is 2. The third-order valence-electron chi connectivity index (χ3n) is 3.97. The molecule has 0 radical (unpaired) electrons. The van der Waals surface area contributed by atoms with Gasteiger partial charge in [0.15, 0.2) is 23.6 Å². The zero-order valence-corrected chi connectivity index (χ0v) is 15.7. The van der Waals surface area contributed by atoms with Crippen LogP contribution in [-0.2, 0) is 14.3 Å². The Morgan fingerprint density at radius 3 is 2.41 bits per heavy atom. The summed E-state index contributed by atoms with van der Waals surface area (Å²) in [6.07, 6.45) is -1.52. The number of hydrogen-bond acceptors (Lipinski definition) is 4. The average Bonchev–Trinajstić information content (AvgIpc) is 2.68. The zero-order chi connectivity index (χ0) is 21.6. The molecule has 1 atom stereocenters. The summed E-state index contributed by atoms with van der Waals surface area (Å²) in [5.41, 5.74) is 0.673. The van der Waals surface area contributed by atoms with Crippen LogP contribution < -0.4 is 10.6 Å². The topological polar surface area (TPSA) is 84.5 Å². The first-order valence-electron chi connectivity index (χ1n) is 8.68. The first-order chi connectivity index (χ1) is 13.7. The van der Waals surface area contributed by atoms with Crippen LogP contribution in [0.3, 0.4) is 0 Å². The van der Waals surface area contributed by atoms with Gasteiger partial charge in [-0.3, -0.25) is 14.4 Å². The molecule has 0 fully saturated rings. The maximum absolute atomic E-state index is 13.6. The Morgan fingerprint density at radius 2 is 1.72 bits per heavy atom. The van der Waals surface area contributed by atoms with Crippen molar-refractivity contribution >= 4 is 23.5 Å². The lowest BCUT2D eigenvalue weighted by Gasteiger charge is -2.14. The van der Waals surface area contributed by atoms with Crippen LogP contribution in [-0.4, -0.2) is 30.4 Å². The maximum Gasteiger partial charge on any atom is 0.308 e. The van der Waals surface area contributed by atoms with E-state index in [4.69, 9.17) is 4.74 Å². The van der Waals surface area contributed by atoms with E-state index >= 15 is 0 Å². The molecule has 2 N–H and O–H groups in total. The van der Waals surface area contributed by atoms with Gasteiger partial charge in [-0.2, -0.15) is 0 Å². The molecule has 9 heteroatoms. The molecule has 0 spiro atoms. The molecule has 0 aromatic heterocycles. The van der Waals surface area contributed by atoms with E-state index < -0.39 is 41.1 Å². The third-order valence-corrected chi connectivity index (χ3v) is 3.97. The van der Waals surface area contributed by atoms with E-state index in [-0.39, 0.29) is 18.9 Å². The van der Waals surface area contributed by atoms with E-state index in [1.54, 1.807) is 31.2 Å². The van der Waals surface area contributed by atoms with Gasteiger partial charge >= 0.3 is 5.97 Å². The Balaban J connectivity index is 1.81. The van der Waals surface area contributed by atoms with E-state index in [1.165, 1.54) is 6.92 Å². The van der Waals surface area contributed by atoms with Gasteiger partial charge in [0.05, 0.1) is 12.1 Å². The molecule has 1 unspecified atom stereocenters. The van der Waals surface area contributed by atoms with Gasteiger partial charge in [-0.1, -0.05) is 18.2 Å². The van der Waals surface area contributed by atoms with Crippen LogP contribution in [0.1, 0.15) is 29.3 Å². The largest absolute Gasteiger partial charge is 0.452 e. The molecule has 0 heterocycles. The predicted molar refractivity (Wildman–Crippen MR) is 98.6 cm³/mol. The van der Waals surface area contributed by atoms with Crippen molar-refractivity contribution in [1.82, 2.24) is 5.32 Å². The lowest BCUT2D eigenvalue weighted by molar-refractivity contribution is -0.153. The molecule has 2 aromatic rings. The molecule has 2 aromatic carbocycles. The van der Waals surface area contributed by atoms with Gasteiger partial charge in [-0.05, 0) is 37.6 Å². The first kappa shape index (κ1) is 21.9. The van der Waals surface area contributed by atoms with Crippen molar-refractivity contribution in [2.75, 3.05) is 11.9 Å². The van der Waals surface area contributed by atoms with E-state index in [9.17, 15) is 27.6 Å². The number of amides is 2. The van der Waals surface area contributed by atoms with E-state index in [0.29, 0.717) is 11.6 Å². The van der Waals surface area contributed by atoms with Crippen LogP contribution in [0.4, 0.5) is 18.9 Å². The Hall–Kier alpha value is -3.36. The number of nitrogens with one attached hydrogen (secondary N) is 2. The fourth-order valence-electron chi connectivity index (χ4n) is 2.37. The van der Waals surface area contributed by atoms with Crippen LogP contribution in [0.5, 0.6) is 0 Å². The van der Waals surface area contributed by atoms with Crippen molar-refractivity contribution in [3.8, 4) is 0 Å². The van der Waals surface area contributed by atoms with Gasteiger partial charge in [0.2, 0.25) is 0 Å². The molecule has 2 amide bonds. The highest BCUT2D eigenvalue weighted by molar-refractivity contribution is 5.96. The second kappa shape index (κ2) is 9.72. The zero-order valence-electron chi connectivity index (χ0n) is 15.7. The number of esters is 1. The third kappa shape index (κ3) is 5.81. The van der Waals surface area contributed by atoms with Gasteiger partial charge in [0.1, 0.15) is 0 Å². The lowest BCUT2D eigenvalue weighted by atomic mass is 10.1. The van der Waals surface area contributed by atoms with Gasteiger partial charge in [0.25, 0.3) is 11.8 Å². The Labute approximate surface area is 165 Å². The molecule has 0 aliphatic heterocycles. The summed E-state index contributed by atoms with van der Waals surface area (Å²) in [5.74, 6) is -6.73. The van der Waals surface area contributed by atoms with Crippen molar-refractivity contribution in [3.63, 3.8) is 0 Å². The number of anilines is 1. The summed E-state index contributed by atoms with van der Waals surface area (Å²) >= 11 is 0. The first-order valence-corrected chi connectivity index (χ1v) is 8.68. The number of carbonyl (C=O) groups is 3. The minimum atomic E-state index is -1.73. The fraction of sp³-hybridized carbons (Fsp3) is 0.250. The standard InChI is InChI=1S/C20H19F3N2O4/c1-11-5-3-4-6-13(11)20(28)24-10-9-16(26)29-12(2)19(27)25-15-8-7-14(21)17(22)18(15)23/h3-8,12H,9-10H2,1-2H3,(H,24,28)(H,25,27). The summed E-state index contributed by atoms with van der Waals surface area (Å²) in [6.45, 7) is 2.99. The number of rotatable bonds is 7. The van der Waals surface area contributed by atoms with Crippen molar-refractivity contribution in [1.29, 1.82) is 0 Å². The summed E-state index contributed by atoms with van der Waals surface area (Å²) in [4.78, 5) is 35.8. The molecular weight excluding hydrogens is 389 g/mol. The van der Waals surface area contributed by atoms with Crippen molar-refractivity contribution in [2.45, 2.75) is 26.4 Å². The average molecular weight is 408 g/mol. The van der Waals surface area contributed by atoms with Crippen molar-refractivity contribution in [3.05, 3.63) is 65.0 Å². The minimum Gasteiger partial charge on any atom is -0.452 e. The molecule has 2 rings (SSSR count). The monoisotopic (exact) mass is 408 g/mol. The Morgan fingerprint density at radius 1 is 1.03 bits per heavy atom. The molecule has 29 heavy (non-hydrogen) atoms. The lowest BCUT2D eigenvalue weighted by Crippen LogP contribution is -2.32. The molecule has 0 saturated carbocycles. The van der Waals surface area contributed by atoms with Crippen LogP contribution in [0.2, 0.25) is 0 Å². The molecule has 154 valence electrons. The predicted octanol–water partition coefficient (Wildman–Crippen LogP) is 3.10. The van der Waals surface area contributed by atoms with Crippen LogP contribution in [0, 0.1) is 24.4 Å².